The zero-order valence-electron chi connectivity index (χ0n) is 18.9. The fourth-order valence-electron chi connectivity index (χ4n) is 3.58. The first-order valence-electron chi connectivity index (χ1n) is 11.4. The van der Waals surface area contributed by atoms with Crippen LogP contribution in [0.4, 0.5) is 8.78 Å². The van der Waals surface area contributed by atoms with E-state index in [-0.39, 0.29) is 17.9 Å². The van der Waals surface area contributed by atoms with Crippen LogP contribution >= 0.6 is 0 Å². The van der Waals surface area contributed by atoms with Crippen LogP contribution in [0.25, 0.3) is 11.1 Å². The molecule has 3 heteroatoms. The Kier molecular flexibility index (Phi) is 8.87. The normalized spacial score (nSPS) is 10.5. The minimum Gasteiger partial charge on any atom is -0.491 e. The first-order chi connectivity index (χ1) is 15.6. The Morgan fingerprint density at radius 2 is 1.34 bits per heavy atom. The number of ether oxygens (including phenoxy) is 1. The van der Waals surface area contributed by atoms with Gasteiger partial charge in [0.2, 0.25) is 5.82 Å². The molecule has 0 aliphatic rings. The molecule has 3 rings (SSSR count). The van der Waals surface area contributed by atoms with Gasteiger partial charge in [0.25, 0.3) is 0 Å². The van der Waals surface area contributed by atoms with Crippen molar-refractivity contribution in [3.63, 3.8) is 0 Å². The summed E-state index contributed by atoms with van der Waals surface area (Å²) < 4.78 is 33.2. The van der Waals surface area contributed by atoms with Gasteiger partial charge in [0.05, 0.1) is 12.2 Å². The molecular weight excluding hydrogens is 402 g/mol. The van der Waals surface area contributed by atoms with Gasteiger partial charge in [-0.05, 0) is 60.7 Å². The molecule has 32 heavy (non-hydrogen) atoms. The highest BCUT2D eigenvalue weighted by molar-refractivity contribution is 5.64. The van der Waals surface area contributed by atoms with Crippen molar-refractivity contribution in [2.45, 2.75) is 52.4 Å². The number of aryl methyl sites for hydroxylation is 1. The summed E-state index contributed by atoms with van der Waals surface area (Å²) in [6.45, 7) is 4.23. The van der Waals surface area contributed by atoms with Gasteiger partial charge in [-0.3, -0.25) is 0 Å². The van der Waals surface area contributed by atoms with Crippen molar-refractivity contribution >= 4 is 0 Å². The molecule has 0 saturated heterocycles. The highest BCUT2D eigenvalue weighted by Gasteiger charge is 2.12. The molecule has 0 spiro atoms. The van der Waals surface area contributed by atoms with E-state index in [1.165, 1.54) is 49.8 Å². The highest BCUT2D eigenvalue weighted by Crippen LogP contribution is 2.23. The standard InChI is InChI=1S/C29H30F2O/c1-3-5-6-7-8-9-22-10-15-24(16-11-22)25-17-12-23(13-18-25)14-19-26-20-21-27(32-4-2)29(31)28(26)30/h10-13,15-18,20-21H,3-9H2,1-2H3. The van der Waals surface area contributed by atoms with Crippen LogP contribution in [-0.4, -0.2) is 6.61 Å². The van der Waals surface area contributed by atoms with Gasteiger partial charge in [0.15, 0.2) is 11.6 Å². The summed E-state index contributed by atoms with van der Waals surface area (Å²) in [4.78, 5) is 0. The lowest BCUT2D eigenvalue weighted by Gasteiger charge is -2.06. The van der Waals surface area contributed by atoms with Gasteiger partial charge in [-0.2, -0.15) is 4.39 Å². The van der Waals surface area contributed by atoms with Crippen LogP contribution in [0.15, 0.2) is 60.7 Å². The van der Waals surface area contributed by atoms with Crippen LogP contribution in [-0.2, 0) is 6.42 Å². The Balaban J connectivity index is 1.63. The lowest BCUT2D eigenvalue weighted by molar-refractivity contribution is 0.314. The van der Waals surface area contributed by atoms with E-state index < -0.39 is 11.6 Å². The predicted molar refractivity (Wildman–Crippen MR) is 128 cm³/mol. The van der Waals surface area contributed by atoms with Gasteiger partial charge in [-0.25, -0.2) is 4.39 Å². The number of benzene rings is 3. The molecule has 0 radical (unpaired) electrons. The summed E-state index contributed by atoms with van der Waals surface area (Å²) in [5.74, 6) is 3.55. The van der Waals surface area contributed by atoms with Crippen LogP contribution in [0, 0.1) is 23.5 Å². The van der Waals surface area contributed by atoms with E-state index in [9.17, 15) is 8.78 Å². The van der Waals surface area contributed by atoms with Crippen molar-refractivity contribution in [1.82, 2.24) is 0 Å². The van der Waals surface area contributed by atoms with Gasteiger partial charge in [0.1, 0.15) is 0 Å². The Morgan fingerprint density at radius 3 is 2.00 bits per heavy atom. The van der Waals surface area contributed by atoms with E-state index >= 15 is 0 Å². The molecule has 0 saturated carbocycles. The summed E-state index contributed by atoms with van der Waals surface area (Å²) >= 11 is 0. The molecular formula is C29H30F2O. The SMILES string of the molecule is CCCCCCCc1ccc(-c2ccc(C#Cc3ccc(OCC)c(F)c3F)cc2)cc1. The quantitative estimate of drug-likeness (QED) is 0.246. The van der Waals surface area contributed by atoms with Gasteiger partial charge in [0, 0.05) is 5.56 Å². The average Bonchev–Trinajstić information content (AvgIpc) is 2.82. The van der Waals surface area contributed by atoms with Crippen molar-refractivity contribution in [2.24, 2.45) is 0 Å². The zero-order chi connectivity index (χ0) is 22.8. The van der Waals surface area contributed by atoms with E-state index in [0.29, 0.717) is 0 Å². The van der Waals surface area contributed by atoms with E-state index in [0.717, 1.165) is 23.1 Å². The molecule has 0 atom stereocenters. The summed E-state index contributed by atoms with van der Waals surface area (Å²) in [7, 11) is 0. The van der Waals surface area contributed by atoms with Crippen LogP contribution in [0.5, 0.6) is 5.75 Å². The topological polar surface area (TPSA) is 9.23 Å². The van der Waals surface area contributed by atoms with Crippen molar-refractivity contribution in [1.29, 1.82) is 0 Å². The smallest absolute Gasteiger partial charge is 0.201 e. The molecule has 0 amide bonds. The lowest BCUT2D eigenvalue weighted by Crippen LogP contribution is -1.98. The fourth-order valence-corrected chi connectivity index (χ4v) is 3.58. The largest absolute Gasteiger partial charge is 0.491 e. The molecule has 3 aromatic carbocycles. The third-order valence-corrected chi connectivity index (χ3v) is 5.43. The Bertz CT molecular complexity index is 1060. The number of hydrogen-bond donors (Lipinski definition) is 0. The van der Waals surface area contributed by atoms with E-state index in [4.69, 9.17) is 4.74 Å². The maximum absolute atomic E-state index is 14.2. The molecule has 0 unspecified atom stereocenters. The average molecular weight is 433 g/mol. The van der Waals surface area contributed by atoms with Gasteiger partial charge in [-0.15, -0.1) is 0 Å². The van der Waals surface area contributed by atoms with Crippen molar-refractivity contribution in [3.05, 3.63) is 89.0 Å². The second-order valence-corrected chi connectivity index (χ2v) is 7.86. The van der Waals surface area contributed by atoms with Gasteiger partial charge in [-0.1, -0.05) is 80.8 Å². The Labute approximate surface area is 190 Å². The minimum atomic E-state index is -1.00. The molecule has 0 N–H and O–H groups in total. The first kappa shape index (κ1) is 23.5. The summed E-state index contributed by atoms with van der Waals surface area (Å²) in [5, 5.41) is 0. The molecule has 166 valence electrons. The van der Waals surface area contributed by atoms with Gasteiger partial charge >= 0.3 is 0 Å². The highest BCUT2D eigenvalue weighted by atomic mass is 19.2. The maximum atomic E-state index is 14.2. The van der Waals surface area contributed by atoms with Crippen molar-refractivity contribution in [3.8, 4) is 28.7 Å². The lowest BCUT2D eigenvalue weighted by atomic mass is 10.00. The fraction of sp³-hybridized carbons (Fsp3) is 0.310. The van der Waals surface area contributed by atoms with Crippen molar-refractivity contribution in [2.75, 3.05) is 6.61 Å². The molecule has 0 fully saturated rings. The molecule has 1 nitrogen and oxygen atoms in total. The molecule has 0 aromatic heterocycles. The summed E-state index contributed by atoms with van der Waals surface area (Å²) in [5.41, 5.74) is 4.38. The molecule has 3 aromatic rings. The second-order valence-electron chi connectivity index (χ2n) is 7.86. The van der Waals surface area contributed by atoms with E-state index in [1.807, 2.05) is 24.3 Å². The maximum Gasteiger partial charge on any atom is 0.201 e. The zero-order valence-corrected chi connectivity index (χ0v) is 18.9. The second kappa shape index (κ2) is 12.1. The third-order valence-electron chi connectivity index (χ3n) is 5.43. The molecule has 0 aliphatic carbocycles. The van der Waals surface area contributed by atoms with Crippen molar-refractivity contribution < 1.29 is 13.5 Å². The number of halogens is 2. The van der Waals surface area contributed by atoms with E-state index in [1.54, 1.807) is 6.92 Å². The molecule has 0 bridgehead atoms. The monoisotopic (exact) mass is 432 g/mol. The number of hydrogen-bond acceptors (Lipinski definition) is 1. The molecule has 0 aliphatic heterocycles. The number of unbranched alkanes of at least 4 members (excludes halogenated alkanes) is 4. The first-order valence-corrected chi connectivity index (χ1v) is 11.4. The summed E-state index contributed by atoms with van der Waals surface area (Å²) in [6.07, 6.45) is 7.59. The summed E-state index contributed by atoms with van der Waals surface area (Å²) in [6, 6.07) is 19.3. The third kappa shape index (κ3) is 6.44. The van der Waals surface area contributed by atoms with E-state index in [2.05, 4.69) is 43.0 Å². The van der Waals surface area contributed by atoms with Crippen LogP contribution in [0.2, 0.25) is 0 Å². The van der Waals surface area contributed by atoms with Crippen LogP contribution < -0.4 is 4.74 Å². The van der Waals surface area contributed by atoms with Crippen LogP contribution in [0.3, 0.4) is 0 Å². The van der Waals surface area contributed by atoms with Crippen LogP contribution in [0.1, 0.15) is 62.6 Å². The van der Waals surface area contributed by atoms with Gasteiger partial charge < -0.3 is 4.74 Å². The number of rotatable bonds is 9. The predicted octanol–water partition coefficient (Wildman–Crippen LogP) is 7.94. The minimum absolute atomic E-state index is 0.0142. The Hall–Kier alpha value is -3.12. The Morgan fingerprint density at radius 1 is 0.688 bits per heavy atom. The molecule has 0 heterocycles.